The van der Waals surface area contributed by atoms with E-state index in [1.807, 2.05) is 55.5 Å². The second kappa shape index (κ2) is 7.42. The fourth-order valence-electron chi connectivity index (χ4n) is 3.14. The van der Waals surface area contributed by atoms with Crippen LogP contribution in [0.15, 0.2) is 54.7 Å². The molecule has 6 heteroatoms. The normalized spacial score (nSPS) is 20.6. The van der Waals surface area contributed by atoms with Crippen molar-refractivity contribution in [3.05, 3.63) is 66.0 Å². The molecule has 1 aliphatic rings. The quantitative estimate of drug-likeness (QED) is 0.906. The van der Waals surface area contributed by atoms with Crippen LogP contribution in [0.25, 0.3) is 0 Å². The summed E-state index contributed by atoms with van der Waals surface area (Å²) >= 11 is 0. The highest BCUT2D eigenvalue weighted by Crippen LogP contribution is 2.24. The first-order valence-corrected chi connectivity index (χ1v) is 9.77. The molecule has 24 heavy (non-hydrogen) atoms. The summed E-state index contributed by atoms with van der Waals surface area (Å²) in [7, 11) is -3.58. The van der Waals surface area contributed by atoms with Crippen molar-refractivity contribution in [3.63, 3.8) is 0 Å². The summed E-state index contributed by atoms with van der Waals surface area (Å²) in [6, 6.07) is 14.6. The Bertz CT molecular complexity index is 711. The minimum Gasteiger partial charge on any atom is -0.259 e. The van der Waals surface area contributed by atoms with Crippen molar-refractivity contribution in [3.8, 4) is 0 Å². The predicted molar refractivity (Wildman–Crippen MR) is 94.6 cm³/mol. The van der Waals surface area contributed by atoms with E-state index in [9.17, 15) is 8.42 Å². The summed E-state index contributed by atoms with van der Waals surface area (Å²) in [6.07, 6.45) is 4.57. The molecule has 5 nitrogen and oxygen atoms in total. The highest BCUT2D eigenvalue weighted by molar-refractivity contribution is 7.87. The number of nitrogens with one attached hydrogen (secondary N) is 1. The molecule has 0 saturated carbocycles. The van der Waals surface area contributed by atoms with E-state index in [1.54, 1.807) is 10.5 Å². The first-order valence-electron chi connectivity index (χ1n) is 8.33. The first kappa shape index (κ1) is 17.1. The van der Waals surface area contributed by atoms with Gasteiger partial charge in [-0.25, -0.2) is 0 Å². The van der Waals surface area contributed by atoms with Gasteiger partial charge in [-0.2, -0.15) is 17.4 Å². The molecule has 0 amide bonds. The van der Waals surface area contributed by atoms with E-state index < -0.39 is 16.3 Å². The van der Waals surface area contributed by atoms with Crippen molar-refractivity contribution < 1.29 is 8.42 Å². The number of aromatic nitrogens is 1. The van der Waals surface area contributed by atoms with Gasteiger partial charge in [0.2, 0.25) is 0 Å². The van der Waals surface area contributed by atoms with Gasteiger partial charge in [0.15, 0.2) is 0 Å². The number of benzene rings is 1. The molecule has 0 bridgehead atoms. The van der Waals surface area contributed by atoms with Gasteiger partial charge < -0.3 is 0 Å². The Labute approximate surface area is 143 Å². The Hall–Kier alpha value is -1.76. The fourth-order valence-corrected chi connectivity index (χ4v) is 4.78. The van der Waals surface area contributed by atoms with Crippen molar-refractivity contribution in [1.82, 2.24) is 14.0 Å². The average Bonchev–Trinajstić information content (AvgIpc) is 2.61. The van der Waals surface area contributed by atoms with E-state index in [-0.39, 0.29) is 6.04 Å². The zero-order valence-corrected chi connectivity index (χ0v) is 14.6. The lowest BCUT2D eigenvalue weighted by atomic mass is 10.0. The summed E-state index contributed by atoms with van der Waals surface area (Å²) in [5.41, 5.74) is 1.57. The van der Waals surface area contributed by atoms with Crippen LogP contribution < -0.4 is 4.72 Å². The van der Waals surface area contributed by atoms with Gasteiger partial charge in [-0.15, -0.1) is 0 Å². The first-order chi connectivity index (χ1) is 11.6. The number of hydrogen-bond donors (Lipinski definition) is 1. The number of pyridine rings is 1. The van der Waals surface area contributed by atoms with Gasteiger partial charge in [0.25, 0.3) is 10.2 Å². The minimum absolute atomic E-state index is 0.0244. The number of hydrogen-bond acceptors (Lipinski definition) is 3. The third kappa shape index (κ3) is 3.83. The van der Waals surface area contributed by atoms with Gasteiger partial charge in [-0.05, 0) is 37.5 Å². The fraction of sp³-hybridized carbons (Fsp3) is 0.389. The second-order valence-electron chi connectivity index (χ2n) is 6.18. The molecule has 0 spiro atoms. The predicted octanol–water partition coefficient (Wildman–Crippen LogP) is 2.88. The lowest BCUT2D eigenvalue weighted by molar-refractivity contribution is 0.264. The molecule has 1 aliphatic heterocycles. The maximum absolute atomic E-state index is 12.9. The molecule has 1 aromatic heterocycles. The summed E-state index contributed by atoms with van der Waals surface area (Å²) < 4.78 is 30.3. The molecule has 1 N–H and O–H groups in total. The molecular weight excluding hydrogens is 322 g/mol. The average molecular weight is 345 g/mol. The number of piperidine rings is 1. The van der Waals surface area contributed by atoms with Gasteiger partial charge >= 0.3 is 0 Å². The van der Waals surface area contributed by atoms with Crippen molar-refractivity contribution >= 4 is 10.2 Å². The Morgan fingerprint density at radius 2 is 1.88 bits per heavy atom. The molecule has 2 heterocycles. The van der Waals surface area contributed by atoms with E-state index in [0.717, 1.165) is 24.8 Å². The van der Waals surface area contributed by atoms with Crippen molar-refractivity contribution in [1.29, 1.82) is 0 Å². The topological polar surface area (TPSA) is 62.3 Å². The Balaban J connectivity index is 1.92. The van der Waals surface area contributed by atoms with Crippen LogP contribution in [0.2, 0.25) is 0 Å². The molecule has 1 fully saturated rings. The van der Waals surface area contributed by atoms with Crippen LogP contribution in [0.5, 0.6) is 0 Å². The molecule has 0 radical (unpaired) electrons. The van der Waals surface area contributed by atoms with Crippen LogP contribution in [0, 0.1) is 0 Å². The molecule has 0 aliphatic carbocycles. The van der Waals surface area contributed by atoms with Crippen LogP contribution >= 0.6 is 0 Å². The van der Waals surface area contributed by atoms with Gasteiger partial charge in [-0.1, -0.05) is 42.8 Å². The van der Waals surface area contributed by atoms with E-state index >= 15 is 0 Å². The number of nitrogens with zero attached hydrogens (tertiary/aromatic N) is 2. The summed E-state index contributed by atoms with van der Waals surface area (Å²) in [4.78, 5) is 4.36. The number of rotatable bonds is 5. The molecule has 1 aromatic carbocycles. The van der Waals surface area contributed by atoms with Crippen LogP contribution in [-0.4, -0.2) is 30.3 Å². The monoisotopic (exact) mass is 345 g/mol. The Kier molecular flexibility index (Phi) is 5.28. The molecular formula is C18H23N3O2S. The second-order valence-corrected chi connectivity index (χ2v) is 7.83. The molecule has 128 valence electrons. The zero-order valence-electron chi connectivity index (χ0n) is 13.8. The lowest BCUT2D eigenvalue weighted by Gasteiger charge is -2.33. The van der Waals surface area contributed by atoms with Gasteiger partial charge in [0, 0.05) is 18.8 Å². The van der Waals surface area contributed by atoms with Gasteiger partial charge in [0.05, 0.1) is 11.7 Å². The largest absolute Gasteiger partial charge is 0.280 e. The maximum atomic E-state index is 12.9. The smallest absolute Gasteiger partial charge is 0.259 e. The van der Waals surface area contributed by atoms with Crippen LogP contribution in [-0.2, 0) is 10.2 Å². The third-order valence-corrected chi connectivity index (χ3v) is 6.13. The standard InChI is InChI=1S/C18H23N3O2S/c1-15-9-6-8-14-21(15)24(22,23)20-18(16-10-3-2-4-11-16)17-12-5-7-13-19-17/h2-5,7,10-13,15,18,20H,6,8-9,14H2,1H3/t15-,18-/m0/s1. The van der Waals surface area contributed by atoms with Crippen molar-refractivity contribution in [2.75, 3.05) is 6.54 Å². The SMILES string of the molecule is C[C@H]1CCCCN1S(=O)(=O)N[C@@H](c1ccccc1)c1ccccn1. The van der Waals surface area contributed by atoms with Crippen LogP contribution in [0.4, 0.5) is 0 Å². The van der Waals surface area contributed by atoms with E-state index in [4.69, 9.17) is 0 Å². The molecule has 0 unspecified atom stereocenters. The Morgan fingerprint density at radius 3 is 2.54 bits per heavy atom. The third-order valence-electron chi connectivity index (χ3n) is 4.43. The Morgan fingerprint density at radius 1 is 1.12 bits per heavy atom. The highest BCUT2D eigenvalue weighted by Gasteiger charge is 2.32. The maximum Gasteiger partial charge on any atom is 0.280 e. The summed E-state index contributed by atoms with van der Waals surface area (Å²) in [5, 5.41) is 0. The summed E-state index contributed by atoms with van der Waals surface area (Å²) in [6.45, 7) is 2.54. The highest BCUT2D eigenvalue weighted by atomic mass is 32.2. The van der Waals surface area contributed by atoms with E-state index in [2.05, 4.69) is 9.71 Å². The van der Waals surface area contributed by atoms with Crippen molar-refractivity contribution in [2.45, 2.75) is 38.3 Å². The van der Waals surface area contributed by atoms with Crippen LogP contribution in [0.1, 0.15) is 43.5 Å². The van der Waals surface area contributed by atoms with Gasteiger partial charge in [-0.3, -0.25) is 4.98 Å². The van der Waals surface area contributed by atoms with Gasteiger partial charge in [0.1, 0.15) is 0 Å². The molecule has 2 aromatic rings. The molecule has 3 rings (SSSR count). The van der Waals surface area contributed by atoms with Crippen molar-refractivity contribution in [2.24, 2.45) is 0 Å². The lowest BCUT2D eigenvalue weighted by Crippen LogP contribution is -2.49. The zero-order chi connectivity index (χ0) is 17.0. The van der Waals surface area contributed by atoms with E-state index in [1.165, 1.54) is 0 Å². The van der Waals surface area contributed by atoms with E-state index in [0.29, 0.717) is 12.2 Å². The molecule has 1 saturated heterocycles. The minimum atomic E-state index is -3.58. The molecule has 2 atom stereocenters. The summed E-state index contributed by atoms with van der Waals surface area (Å²) in [5.74, 6) is 0. The van der Waals surface area contributed by atoms with Crippen LogP contribution in [0.3, 0.4) is 0 Å².